The molecule has 0 radical (unpaired) electrons. The number of hydrogen-bond acceptors (Lipinski definition) is 4. The molecule has 0 aliphatic heterocycles. The predicted molar refractivity (Wildman–Crippen MR) is 78.2 cm³/mol. The molecule has 4 nitrogen and oxygen atoms in total. The number of hydrogen-bond donors (Lipinski definition) is 1. The maximum atomic E-state index is 5.87. The zero-order chi connectivity index (χ0) is 13.8. The van der Waals surface area contributed by atoms with Crippen LogP contribution in [0, 0.1) is 0 Å². The number of halogens is 1. The van der Waals surface area contributed by atoms with Gasteiger partial charge in [0.1, 0.15) is 5.75 Å². The van der Waals surface area contributed by atoms with Gasteiger partial charge in [0.2, 0.25) is 5.88 Å². The maximum Gasteiger partial charge on any atom is 0.243 e. The van der Waals surface area contributed by atoms with Gasteiger partial charge >= 0.3 is 0 Å². The van der Waals surface area contributed by atoms with Crippen LogP contribution in [0.5, 0.6) is 11.6 Å². The van der Waals surface area contributed by atoms with Crippen LogP contribution in [0.3, 0.4) is 0 Å². The highest BCUT2D eigenvalue weighted by Crippen LogP contribution is 2.32. The molecule has 0 spiro atoms. The standard InChI is InChI=1S/C14H16BrN3O/c1-9(2)12-7-11(15)3-4-13(12)19-14-10(8-16)5-6-17-18-14/h3-7,9H,8,16H2,1-2H3. The van der Waals surface area contributed by atoms with E-state index in [1.807, 2.05) is 18.2 Å². The lowest BCUT2D eigenvalue weighted by Gasteiger charge is -2.14. The molecule has 5 heteroatoms. The third-order valence-electron chi connectivity index (χ3n) is 2.79. The maximum absolute atomic E-state index is 5.87. The number of benzene rings is 1. The largest absolute Gasteiger partial charge is 0.437 e. The van der Waals surface area contributed by atoms with Crippen molar-refractivity contribution in [3.05, 3.63) is 46.1 Å². The molecule has 0 bridgehead atoms. The zero-order valence-electron chi connectivity index (χ0n) is 10.9. The van der Waals surface area contributed by atoms with E-state index in [1.165, 1.54) is 0 Å². The Labute approximate surface area is 121 Å². The van der Waals surface area contributed by atoms with Crippen LogP contribution < -0.4 is 10.5 Å². The van der Waals surface area contributed by atoms with Crippen LogP contribution in [-0.2, 0) is 6.54 Å². The van der Waals surface area contributed by atoms with Crippen molar-refractivity contribution < 1.29 is 4.74 Å². The van der Waals surface area contributed by atoms with E-state index in [4.69, 9.17) is 10.5 Å². The first-order chi connectivity index (χ1) is 9.11. The highest BCUT2D eigenvalue weighted by molar-refractivity contribution is 9.10. The third kappa shape index (κ3) is 3.30. The second-order valence-corrected chi connectivity index (χ2v) is 5.42. The summed E-state index contributed by atoms with van der Waals surface area (Å²) in [5, 5.41) is 7.85. The first-order valence-corrected chi connectivity index (χ1v) is 6.89. The predicted octanol–water partition coefficient (Wildman–Crippen LogP) is 3.61. The molecule has 1 aromatic heterocycles. The first kappa shape index (κ1) is 14.0. The van der Waals surface area contributed by atoms with Crippen LogP contribution >= 0.6 is 15.9 Å². The summed E-state index contributed by atoms with van der Waals surface area (Å²) in [6.45, 7) is 4.61. The molecule has 0 fully saturated rings. The van der Waals surface area contributed by atoms with Gasteiger partial charge in [-0.15, -0.1) is 5.10 Å². The highest BCUT2D eigenvalue weighted by atomic mass is 79.9. The molecule has 0 aliphatic carbocycles. The van der Waals surface area contributed by atoms with Crippen molar-refractivity contribution in [1.29, 1.82) is 0 Å². The molecule has 2 rings (SSSR count). The Morgan fingerprint density at radius 1 is 1.32 bits per heavy atom. The fourth-order valence-corrected chi connectivity index (χ4v) is 2.13. The molecule has 1 heterocycles. The van der Waals surface area contributed by atoms with Crippen molar-refractivity contribution >= 4 is 15.9 Å². The number of rotatable bonds is 4. The lowest BCUT2D eigenvalue weighted by Crippen LogP contribution is -2.03. The summed E-state index contributed by atoms with van der Waals surface area (Å²) in [4.78, 5) is 0. The Morgan fingerprint density at radius 2 is 2.11 bits per heavy atom. The van der Waals surface area contributed by atoms with E-state index >= 15 is 0 Å². The van der Waals surface area contributed by atoms with Crippen LogP contribution in [0.15, 0.2) is 34.9 Å². The Morgan fingerprint density at radius 3 is 2.79 bits per heavy atom. The van der Waals surface area contributed by atoms with E-state index in [1.54, 1.807) is 6.20 Å². The fourth-order valence-electron chi connectivity index (χ4n) is 1.75. The summed E-state index contributed by atoms with van der Waals surface area (Å²) in [5.41, 5.74) is 7.63. The SMILES string of the molecule is CC(C)c1cc(Br)ccc1Oc1nnccc1CN. The summed E-state index contributed by atoms with van der Waals surface area (Å²) in [6, 6.07) is 7.74. The minimum absolute atomic E-state index is 0.352. The van der Waals surface area contributed by atoms with Gasteiger partial charge in [-0.2, -0.15) is 5.10 Å². The molecule has 1 aromatic carbocycles. The van der Waals surface area contributed by atoms with E-state index in [0.29, 0.717) is 18.3 Å². The van der Waals surface area contributed by atoms with E-state index in [9.17, 15) is 0 Å². The molecule has 0 saturated carbocycles. The Bertz CT molecular complexity index is 572. The van der Waals surface area contributed by atoms with Crippen LogP contribution in [0.1, 0.15) is 30.9 Å². The smallest absolute Gasteiger partial charge is 0.243 e. The normalized spacial score (nSPS) is 10.8. The van der Waals surface area contributed by atoms with Crippen molar-refractivity contribution in [3.63, 3.8) is 0 Å². The second-order valence-electron chi connectivity index (χ2n) is 4.50. The summed E-state index contributed by atoms with van der Waals surface area (Å²) in [6.07, 6.45) is 1.61. The number of ether oxygens (including phenoxy) is 1. The van der Waals surface area contributed by atoms with E-state index in [0.717, 1.165) is 21.3 Å². The molecular weight excluding hydrogens is 306 g/mol. The zero-order valence-corrected chi connectivity index (χ0v) is 12.5. The van der Waals surface area contributed by atoms with E-state index in [2.05, 4.69) is 46.0 Å². The highest BCUT2D eigenvalue weighted by Gasteiger charge is 2.12. The van der Waals surface area contributed by atoms with Gasteiger partial charge in [-0.3, -0.25) is 0 Å². The van der Waals surface area contributed by atoms with Crippen LogP contribution in [0.25, 0.3) is 0 Å². The van der Waals surface area contributed by atoms with Crippen LogP contribution in [0.2, 0.25) is 0 Å². The van der Waals surface area contributed by atoms with Crippen molar-refractivity contribution in [2.75, 3.05) is 0 Å². The van der Waals surface area contributed by atoms with Gasteiger partial charge < -0.3 is 10.5 Å². The molecule has 0 atom stereocenters. The lowest BCUT2D eigenvalue weighted by atomic mass is 10.0. The minimum Gasteiger partial charge on any atom is -0.437 e. The Balaban J connectivity index is 2.38. The van der Waals surface area contributed by atoms with Gasteiger partial charge in [0.25, 0.3) is 0 Å². The molecular formula is C14H16BrN3O. The van der Waals surface area contributed by atoms with Gasteiger partial charge in [0.05, 0.1) is 6.20 Å². The van der Waals surface area contributed by atoms with E-state index in [-0.39, 0.29) is 0 Å². The van der Waals surface area contributed by atoms with Crippen molar-refractivity contribution in [1.82, 2.24) is 10.2 Å². The molecule has 0 aliphatic rings. The lowest BCUT2D eigenvalue weighted by molar-refractivity contribution is 0.440. The number of nitrogens with zero attached hydrogens (tertiary/aromatic N) is 2. The second kappa shape index (κ2) is 6.12. The van der Waals surface area contributed by atoms with Gasteiger partial charge in [-0.05, 0) is 35.7 Å². The summed E-state index contributed by atoms with van der Waals surface area (Å²) < 4.78 is 6.90. The summed E-state index contributed by atoms with van der Waals surface area (Å²) in [7, 11) is 0. The van der Waals surface area contributed by atoms with Gasteiger partial charge in [0, 0.05) is 16.6 Å². The molecule has 0 amide bonds. The van der Waals surface area contributed by atoms with Gasteiger partial charge in [-0.1, -0.05) is 29.8 Å². The van der Waals surface area contributed by atoms with Crippen LogP contribution in [0.4, 0.5) is 0 Å². The molecule has 0 unspecified atom stereocenters. The molecule has 100 valence electrons. The average Bonchev–Trinajstić information content (AvgIpc) is 2.41. The van der Waals surface area contributed by atoms with E-state index < -0.39 is 0 Å². The third-order valence-corrected chi connectivity index (χ3v) is 3.28. The molecule has 2 N–H and O–H groups in total. The molecule has 19 heavy (non-hydrogen) atoms. The Kier molecular flexibility index (Phi) is 4.50. The van der Waals surface area contributed by atoms with Crippen molar-refractivity contribution in [2.24, 2.45) is 5.73 Å². The summed E-state index contributed by atoms with van der Waals surface area (Å²) >= 11 is 3.47. The van der Waals surface area contributed by atoms with Gasteiger partial charge in [-0.25, -0.2) is 0 Å². The quantitative estimate of drug-likeness (QED) is 0.934. The number of nitrogens with two attached hydrogens (primary N) is 1. The monoisotopic (exact) mass is 321 g/mol. The van der Waals surface area contributed by atoms with Gasteiger partial charge in [0.15, 0.2) is 0 Å². The van der Waals surface area contributed by atoms with Crippen molar-refractivity contribution in [3.8, 4) is 11.6 Å². The topological polar surface area (TPSA) is 61.0 Å². The molecule has 0 saturated heterocycles. The van der Waals surface area contributed by atoms with Crippen molar-refractivity contribution in [2.45, 2.75) is 26.3 Å². The van der Waals surface area contributed by atoms with Crippen LogP contribution in [-0.4, -0.2) is 10.2 Å². The number of aromatic nitrogens is 2. The summed E-state index contributed by atoms with van der Waals surface area (Å²) in [5.74, 6) is 1.60. The Hall–Kier alpha value is -1.46. The molecule has 2 aromatic rings. The minimum atomic E-state index is 0.352. The fraction of sp³-hybridized carbons (Fsp3) is 0.286. The average molecular weight is 322 g/mol. The first-order valence-electron chi connectivity index (χ1n) is 6.09.